The number of carbonyl (C=O) groups is 1. The van der Waals surface area contributed by atoms with Gasteiger partial charge in [0.2, 0.25) is 0 Å². The molecule has 0 aliphatic rings. The average molecular weight is 362 g/mol. The number of pyridine rings is 1. The van der Waals surface area contributed by atoms with Crippen LogP contribution in [0.25, 0.3) is 0 Å². The third kappa shape index (κ3) is 6.46. The van der Waals surface area contributed by atoms with Gasteiger partial charge in [-0.25, -0.2) is 9.37 Å². The Morgan fingerprint density at radius 2 is 1.92 bits per heavy atom. The highest BCUT2D eigenvalue weighted by molar-refractivity contribution is 5.69. The van der Waals surface area contributed by atoms with Crippen LogP contribution in [0.5, 0.6) is 0 Å². The maximum absolute atomic E-state index is 13.2. The zero-order chi connectivity index (χ0) is 18.8. The first-order valence-corrected chi connectivity index (χ1v) is 9.14. The van der Waals surface area contributed by atoms with Crippen molar-refractivity contribution < 1.29 is 13.9 Å². The molecule has 2 rings (SSSR count). The first-order valence-electron chi connectivity index (χ1n) is 9.14. The van der Waals surface area contributed by atoms with Crippen molar-refractivity contribution >= 4 is 17.6 Å². The fourth-order valence-electron chi connectivity index (χ4n) is 2.72. The topological polar surface area (TPSA) is 60.2 Å². The third-order valence-electron chi connectivity index (χ3n) is 4.03. The van der Waals surface area contributed by atoms with Gasteiger partial charge in [-0.15, -0.1) is 0 Å². The lowest BCUT2D eigenvalue weighted by Gasteiger charge is -2.21. The zero-order valence-electron chi connectivity index (χ0n) is 15.5. The molecule has 2 aromatic rings. The second kappa shape index (κ2) is 10.5. The largest absolute Gasteiger partial charge is 0.466 e. The number of unbranched alkanes of at least 4 members (excludes halogenated alkanes) is 4. The van der Waals surface area contributed by atoms with E-state index in [2.05, 4.69) is 10.1 Å². The highest BCUT2D eigenvalue weighted by atomic mass is 19.1. The summed E-state index contributed by atoms with van der Waals surface area (Å²) in [4.78, 5) is 17.5. The minimum absolute atomic E-state index is 0.115. The van der Waals surface area contributed by atoms with E-state index in [1.165, 1.54) is 12.3 Å². The van der Waals surface area contributed by atoms with E-state index in [0.29, 0.717) is 18.8 Å². The Labute approximate surface area is 154 Å². The Bertz CT molecular complexity index is 672. The average Bonchev–Trinajstić information content (AvgIpc) is 3.05. The van der Waals surface area contributed by atoms with Crippen LogP contribution in [0, 0.1) is 5.82 Å². The van der Waals surface area contributed by atoms with Gasteiger partial charge in [0, 0.05) is 32.3 Å². The molecule has 0 unspecified atom stereocenters. The molecule has 2 aromatic heterocycles. The Kier molecular flexibility index (Phi) is 8.05. The lowest BCUT2D eigenvalue weighted by Crippen LogP contribution is -2.20. The number of aromatic nitrogens is 3. The summed E-state index contributed by atoms with van der Waals surface area (Å²) >= 11 is 0. The molecule has 0 aliphatic carbocycles. The van der Waals surface area contributed by atoms with E-state index < -0.39 is 0 Å². The predicted octanol–water partition coefficient (Wildman–Crippen LogP) is 4.00. The van der Waals surface area contributed by atoms with E-state index in [-0.39, 0.29) is 11.8 Å². The fourth-order valence-corrected chi connectivity index (χ4v) is 2.72. The van der Waals surface area contributed by atoms with Gasteiger partial charge in [0.1, 0.15) is 11.6 Å². The molecule has 6 nitrogen and oxygen atoms in total. The van der Waals surface area contributed by atoms with E-state index >= 15 is 0 Å². The van der Waals surface area contributed by atoms with Crippen LogP contribution in [0.15, 0.2) is 30.6 Å². The molecule has 0 radical (unpaired) electrons. The number of hydrogen-bond donors (Lipinski definition) is 0. The van der Waals surface area contributed by atoms with Crippen molar-refractivity contribution in [3.8, 4) is 0 Å². The van der Waals surface area contributed by atoms with Gasteiger partial charge in [-0.05, 0) is 31.9 Å². The highest BCUT2D eigenvalue weighted by Gasteiger charge is 2.13. The van der Waals surface area contributed by atoms with E-state index in [9.17, 15) is 9.18 Å². The predicted molar refractivity (Wildman–Crippen MR) is 98.7 cm³/mol. The van der Waals surface area contributed by atoms with Gasteiger partial charge >= 0.3 is 5.97 Å². The van der Waals surface area contributed by atoms with Gasteiger partial charge in [-0.1, -0.05) is 19.3 Å². The number of aryl methyl sites for hydroxylation is 1. The molecule has 0 saturated heterocycles. The molecule has 0 saturated carbocycles. The minimum Gasteiger partial charge on any atom is -0.466 e. The quantitative estimate of drug-likeness (QED) is 0.447. The molecule has 0 spiro atoms. The molecule has 142 valence electrons. The summed E-state index contributed by atoms with van der Waals surface area (Å²) < 4.78 is 19.8. The summed E-state index contributed by atoms with van der Waals surface area (Å²) in [6.07, 6.45) is 8.55. The minimum atomic E-state index is -0.351. The maximum Gasteiger partial charge on any atom is 0.305 e. The second-order valence-corrected chi connectivity index (χ2v) is 6.16. The number of esters is 1. The molecule has 0 aromatic carbocycles. The number of ether oxygens (including phenoxy) is 1. The van der Waals surface area contributed by atoms with Crippen LogP contribution in [0.3, 0.4) is 0 Å². The smallest absolute Gasteiger partial charge is 0.305 e. The molecule has 0 bridgehead atoms. The van der Waals surface area contributed by atoms with Gasteiger partial charge in [0.25, 0.3) is 0 Å². The van der Waals surface area contributed by atoms with Crippen LogP contribution in [0.2, 0.25) is 0 Å². The fraction of sp³-hybridized carbons (Fsp3) is 0.526. The standard InChI is InChI=1S/C19H27FN4O2/c1-3-26-19(25)9-7-5-4-6-8-13-24(18-12-14-23(2)22-18)17-11-10-16(20)15-21-17/h10-12,14-15H,3-9,13H2,1-2H3. The van der Waals surface area contributed by atoms with Crippen LogP contribution >= 0.6 is 0 Å². The van der Waals surface area contributed by atoms with Crippen molar-refractivity contribution in [2.24, 2.45) is 7.05 Å². The van der Waals surface area contributed by atoms with Gasteiger partial charge in [0.15, 0.2) is 5.82 Å². The van der Waals surface area contributed by atoms with Crippen molar-refractivity contribution in [1.82, 2.24) is 14.8 Å². The number of anilines is 2. The Morgan fingerprint density at radius 3 is 2.58 bits per heavy atom. The lowest BCUT2D eigenvalue weighted by molar-refractivity contribution is -0.143. The SMILES string of the molecule is CCOC(=O)CCCCCCCN(c1ccc(F)cn1)c1ccn(C)n1. The van der Waals surface area contributed by atoms with Crippen LogP contribution in [-0.4, -0.2) is 33.9 Å². The molecule has 26 heavy (non-hydrogen) atoms. The number of carbonyl (C=O) groups excluding carboxylic acids is 1. The summed E-state index contributed by atoms with van der Waals surface area (Å²) in [6.45, 7) is 3.02. The van der Waals surface area contributed by atoms with Gasteiger partial charge in [0.05, 0.1) is 12.8 Å². The van der Waals surface area contributed by atoms with Crippen LogP contribution in [0.1, 0.15) is 45.4 Å². The highest BCUT2D eigenvalue weighted by Crippen LogP contribution is 2.22. The summed E-state index contributed by atoms with van der Waals surface area (Å²) in [5.74, 6) is 1.02. The first-order chi connectivity index (χ1) is 12.6. The summed E-state index contributed by atoms with van der Waals surface area (Å²) in [6, 6.07) is 5.00. The van der Waals surface area contributed by atoms with Gasteiger partial charge in [-0.3, -0.25) is 9.48 Å². The maximum atomic E-state index is 13.2. The molecule has 0 fully saturated rings. The van der Waals surface area contributed by atoms with Crippen LogP contribution in [0.4, 0.5) is 16.0 Å². The molecule has 2 heterocycles. The van der Waals surface area contributed by atoms with Crippen molar-refractivity contribution in [2.75, 3.05) is 18.1 Å². The number of nitrogens with zero attached hydrogens (tertiary/aromatic N) is 4. The van der Waals surface area contributed by atoms with Crippen molar-refractivity contribution in [3.05, 3.63) is 36.4 Å². The third-order valence-corrected chi connectivity index (χ3v) is 4.03. The summed E-state index contributed by atoms with van der Waals surface area (Å²) in [7, 11) is 1.86. The molecular formula is C19H27FN4O2. The van der Waals surface area contributed by atoms with Crippen LogP contribution in [-0.2, 0) is 16.6 Å². The van der Waals surface area contributed by atoms with Crippen molar-refractivity contribution in [2.45, 2.75) is 45.4 Å². The number of rotatable bonds is 11. The van der Waals surface area contributed by atoms with Gasteiger partial charge < -0.3 is 9.64 Å². The van der Waals surface area contributed by atoms with Crippen LogP contribution < -0.4 is 4.90 Å². The lowest BCUT2D eigenvalue weighted by atomic mass is 10.1. The van der Waals surface area contributed by atoms with Gasteiger partial charge in [-0.2, -0.15) is 5.10 Å². The zero-order valence-corrected chi connectivity index (χ0v) is 15.5. The molecule has 7 heteroatoms. The molecule has 0 amide bonds. The Hall–Kier alpha value is -2.44. The Balaban J connectivity index is 1.79. The van der Waals surface area contributed by atoms with E-state index in [0.717, 1.165) is 44.5 Å². The summed E-state index contributed by atoms with van der Waals surface area (Å²) in [5.41, 5.74) is 0. The Morgan fingerprint density at radius 1 is 1.15 bits per heavy atom. The van der Waals surface area contributed by atoms with E-state index in [1.54, 1.807) is 10.7 Å². The molecule has 0 atom stereocenters. The second-order valence-electron chi connectivity index (χ2n) is 6.16. The van der Waals surface area contributed by atoms with E-state index in [4.69, 9.17) is 4.74 Å². The van der Waals surface area contributed by atoms with E-state index in [1.807, 2.05) is 31.1 Å². The van der Waals surface area contributed by atoms with Crippen molar-refractivity contribution in [3.63, 3.8) is 0 Å². The molecular weight excluding hydrogens is 335 g/mol. The monoisotopic (exact) mass is 362 g/mol. The summed E-state index contributed by atoms with van der Waals surface area (Å²) in [5, 5.41) is 4.43. The number of hydrogen-bond acceptors (Lipinski definition) is 5. The molecule has 0 aliphatic heterocycles. The normalized spacial score (nSPS) is 10.7. The molecule has 0 N–H and O–H groups in total. The number of halogens is 1. The first kappa shape index (κ1) is 19.9. The van der Waals surface area contributed by atoms with Crippen molar-refractivity contribution in [1.29, 1.82) is 0 Å².